The predicted octanol–water partition coefficient (Wildman–Crippen LogP) is 7.92. The second kappa shape index (κ2) is 31.3. The number of aliphatic carboxylic acids is 1. The molecule has 8 rings (SSSR count). The number of esters is 3. The lowest BCUT2D eigenvalue weighted by atomic mass is 9.97. The van der Waals surface area contributed by atoms with Crippen LogP contribution in [0.25, 0.3) is 21.8 Å². The monoisotopic (exact) mass is 1320 g/mol. The molecule has 4 atom stereocenters. The Morgan fingerprint density at radius 1 is 0.584 bits per heavy atom. The molecule has 0 bridgehead atoms. The molecule has 6 heterocycles. The van der Waals surface area contributed by atoms with Gasteiger partial charge in [0, 0.05) is 30.8 Å². The quantitative estimate of drug-likeness (QED) is 0.0187. The molecular formula is C58H65ClN12O14S4. The first-order valence-corrected chi connectivity index (χ1v) is 30.9. The number of halogens is 1. The van der Waals surface area contributed by atoms with Crippen LogP contribution in [0.4, 0.5) is 10.3 Å². The van der Waals surface area contributed by atoms with Gasteiger partial charge in [0.1, 0.15) is 21.8 Å². The van der Waals surface area contributed by atoms with Crippen LogP contribution in [0.1, 0.15) is 117 Å². The maximum atomic E-state index is 13.3. The SMILES string of the molecule is CC(Cl)OC(=O)C(C)(C)C.Cc1nc(NC(=O)Cc2cccc3[nH]ncc23)sc1C(=O)N[C@@H](CNC(=O)c1cccs1)C(=O)O.Cc1nc(NC(=O)Cc2cccc3[nH]ncc23)sc1C(=O)N[C@@H](CNC(=O)c1cccs1)C(=O)OC(C)OC(=O)C(C)(C)C. The number of carbonyl (C=O) groups is 10. The molecule has 26 nitrogen and oxygen atoms in total. The Morgan fingerprint density at radius 3 is 1.40 bits per heavy atom. The Bertz CT molecular complexity index is 3830. The number of aromatic nitrogens is 6. The van der Waals surface area contributed by atoms with Crippen molar-refractivity contribution >= 4 is 148 Å². The number of carboxylic acids is 1. The van der Waals surface area contributed by atoms with Crippen LogP contribution in [0.2, 0.25) is 0 Å². The van der Waals surface area contributed by atoms with Crippen LogP contribution in [0, 0.1) is 24.7 Å². The van der Waals surface area contributed by atoms with Gasteiger partial charge < -0.3 is 51.2 Å². The average Bonchev–Trinajstić information content (AvgIpc) is 2.79. The Morgan fingerprint density at radius 2 is 1.01 bits per heavy atom. The van der Waals surface area contributed by atoms with Crippen molar-refractivity contribution < 1.29 is 67.3 Å². The number of rotatable bonds is 21. The van der Waals surface area contributed by atoms with Gasteiger partial charge in [-0.2, -0.15) is 10.2 Å². The number of thiophene rings is 2. The number of hydrogen-bond acceptors (Lipinski definition) is 21. The van der Waals surface area contributed by atoms with E-state index in [1.165, 1.54) is 29.6 Å². The lowest BCUT2D eigenvalue weighted by molar-refractivity contribution is -0.191. The second-order valence-corrected chi connectivity index (χ2v) is 25.9. The molecule has 0 aliphatic rings. The number of benzene rings is 2. The highest BCUT2D eigenvalue weighted by molar-refractivity contribution is 7.18. The maximum Gasteiger partial charge on any atom is 0.333 e. The normalized spacial score (nSPS) is 12.5. The number of nitrogens with zero attached hydrogens (tertiary/aromatic N) is 4. The third-order valence-electron chi connectivity index (χ3n) is 12.0. The van der Waals surface area contributed by atoms with Gasteiger partial charge in [-0.3, -0.25) is 48.6 Å². The Balaban J connectivity index is 0.000000250. The highest BCUT2D eigenvalue weighted by Gasteiger charge is 2.32. The number of amides is 6. The number of hydrogen-bond donors (Lipinski definition) is 9. The summed E-state index contributed by atoms with van der Waals surface area (Å²) in [6.45, 7) is 15.9. The summed E-state index contributed by atoms with van der Waals surface area (Å²) in [4.78, 5) is 133. The third-order valence-corrected chi connectivity index (χ3v) is 16.0. The summed E-state index contributed by atoms with van der Waals surface area (Å²) in [5.74, 6) is -5.94. The van der Waals surface area contributed by atoms with E-state index >= 15 is 0 Å². The Kier molecular flexibility index (Phi) is 24.3. The number of aryl methyl sites for hydroxylation is 2. The predicted molar refractivity (Wildman–Crippen MR) is 336 cm³/mol. The topological polar surface area (TPSA) is 374 Å². The van der Waals surface area contributed by atoms with Crippen molar-refractivity contribution in [2.24, 2.45) is 10.8 Å². The summed E-state index contributed by atoms with van der Waals surface area (Å²) >= 11 is 9.74. The standard InChI is InChI=1S/C29H32N6O7S2.C22H20N6O5S2.C7H13ClO2/c1-15-23(44-28(32-15)34-22(36)12-17-8-6-9-19-18(17)13-31-35-19)25(38)33-20(14-30-24(37)21-10-7-11-43-21)26(39)41-16(2)42-27(40)29(3,4)5;1-11-18(20(31)26-15(21(32)33)10-23-19(30)16-6-3-7-34-16)35-22(25-11)27-17(29)8-12-4-2-5-14-13(12)9-24-28-14;1-5(8)10-6(9)7(2,3)4/h6-11,13,16,20H,12,14H2,1-5H3,(H,30,37)(H,31,35)(H,33,38)(H,32,34,36);2-7,9,15H,8,10H2,1H3,(H,23,30)(H,24,28)(H,26,31)(H,32,33)(H,25,27,29);5H,1-4H3/t16?,20-;15-;/m00./s1. The molecule has 2 unspecified atom stereocenters. The molecule has 0 aliphatic carbocycles. The van der Waals surface area contributed by atoms with E-state index in [-0.39, 0.29) is 63.7 Å². The number of anilines is 2. The molecule has 0 spiro atoms. The second-order valence-electron chi connectivity index (χ2n) is 21.4. The lowest BCUT2D eigenvalue weighted by Gasteiger charge is -2.23. The average molecular weight is 1320 g/mol. The number of thiazole rings is 2. The Hall–Kier alpha value is -8.97. The van der Waals surface area contributed by atoms with E-state index in [4.69, 9.17) is 25.8 Å². The first kappa shape index (κ1) is 69.1. The molecule has 6 aromatic heterocycles. The van der Waals surface area contributed by atoms with E-state index in [2.05, 4.69) is 62.3 Å². The molecule has 0 saturated heterocycles. The zero-order valence-corrected chi connectivity index (χ0v) is 53.8. The number of ether oxygens (including phenoxy) is 3. The summed E-state index contributed by atoms with van der Waals surface area (Å²) in [6, 6.07) is 15.0. The number of aromatic amines is 2. The minimum atomic E-state index is -1.35. The summed E-state index contributed by atoms with van der Waals surface area (Å²) < 4.78 is 15.2. The number of H-pyrrole nitrogens is 2. The number of carbonyl (C=O) groups excluding carboxylic acids is 9. The van der Waals surface area contributed by atoms with Gasteiger partial charge in [-0.15, -0.1) is 22.7 Å². The molecular weight excluding hydrogens is 1250 g/mol. The van der Waals surface area contributed by atoms with Gasteiger partial charge in [-0.25, -0.2) is 19.6 Å². The first-order chi connectivity index (χ1) is 42.0. The third kappa shape index (κ3) is 20.6. The van der Waals surface area contributed by atoms with Crippen LogP contribution in [-0.4, -0.2) is 132 Å². The van der Waals surface area contributed by atoms with Gasteiger partial charge in [0.25, 0.3) is 23.6 Å². The zero-order valence-electron chi connectivity index (χ0n) is 49.8. The fraction of sp³-hybridized carbons (Fsp3) is 0.345. The fourth-order valence-electron chi connectivity index (χ4n) is 7.50. The van der Waals surface area contributed by atoms with Crippen molar-refractivity contribution in [1.29, 1.82) is 0 Å². The first-order valence-electron chi connectivity index (χ1n) is 27.1. The number of alkyl halides is 1. The summed E-state index contributed by atoms with van der Waals surface area (Å²) in [5.41, 5.74) is 2.03. The number of nitrogens with one attached hydrogen (secondary N) is 8. The smallest absolute Gasteiger partial charge is 0.333 e. The molecule has 9 N–H and O–H groups in total. The van der Waals surface area contributed by atoms with Gasteiger partial charge in [0.15, 0.2) is 15.8 Å². The van der Waals surface area contributed by atoms with Crippen LogP contribution in [0.5, 0.6) is 0 Å². The molecule has 31 heteroatoms. The maximum absolute atomic E-state index is 13.3. The van der Waals surface area contributed by atoms with Crippen LogP contribution in [-0.2, 0) is 55.8 Å². The van der Waals surface area contributed by atoms with E-state index in [1.54, 1.807) is 110 Å². The molecule has 0 fully saturated rings. The summed E-state index contributed by atoms with van der Waals surface area (Å²) in [7, 11) is 0. The van der Waals surface area contributed by atoms with Crippen LogP contribution in [0.3, 0.4) is 0 Å². The minimum Gasteiger partial charge on any atom is -0.480 e. The van der Waals surface area contributed by atoms with Crippen LogP contribution >= 0.6 is 56.9 Å². The van der Waals surface area contributed by atoms with E-state index < -0.39 is 76.3 Å². The van der Waals surface area contributed by atoms with Crippen LogP contribution in [0.15, 0.2) is 83.8 Å². The van der Waals surface area contributed by atoms with Crippen molar-refractivity contribution in [2.45, 2.75) is 106 Å². The molecule has 6 amide bonds. The molecule has 89 heavy (non-hydrogen) atoms. The van der Waals surface area contributed by atoms with E-state index in [1.807, 2.05) is 36.4 Å². The van der Waals surface area contributed by atoms with Crippen molar-refractivity contribution in [3.8, 4) is 0 Å². The van der Waals surface area contributed by atoms with Crippen molar-refractivity contribution in [3.05, 3.63) is 126 Å². The lowest BCUT2D eigenvalue weighted by Crippen LogP contribution is -2.50. The zero-order chi connectivity index (χ0) is 65.3. The highest BCUT2D eigenvalue weighted by atomic mass is 35.5. The largest absolute Gasteiger partial charge is 0.480 e. The van der Waals surface area contributed by atoms with E-state index in [0.29, 0.717) is 21.1 Å². The van der Waals surface area contributed by atoms with E-state index in [9.17, 15) is 53.1 Å². The Labute approximate surface area is 530 Å². The van der Waals surface area contributed by atoms with E-state index in [0.717, 1.165) is 55.6 Å². The van der Waals surface area contributed by atoms with Gasteiger partial charge in [-0.05, 0) is 108 Å². The van der Waals surface area contributed by atoms with Gasteiger partial charge in [0.05, 0.1) is 68.2 Å². The molecule has 2 aromatic carbocycles. The van der Waals surface area contributed by atoms with Crippen molar-refractivity contribution in [1.82, 2.24) is 51.6 Å². The summed E-state index contributed by atoms with van der Waals surface area (Å²) in [5, 5.41) is 44.2. The van der Waals surface area contributed by atoms with Crippen molar-refractivity contribution in [3.63, 3.8) is 0 Å². The molecule has 0 radical (unpaired) electrons. The van der Waals surface area contributed by atoms with Gasteiger partial charge >= 0.3 is 23.9 Å². The molecule has 0 aliphatic heterocycles. The molecule has 472 valence electrons. The minimum absolute atomic E-state index is 0.0624. The van der Waals surface area contributed by atoms with Gasteiger partial charge in [0.2, 0.25) is 18.1 Å². The number of fused-ring (bicyclic) bond motifs is 2. The fourth-order valence-corrected chi connectivity index (χ4v) is 10.6. The molecule has 8 aromatic rings. The van der Waals surface area contributed by atoms with Crippen LogP contribution < -0.4 is 31.9 Å². The number of carboxylic acid groups (broad SMARTS) is 1. The summed E-state index contributed by atoms with van der Waals surface area (Å²) in [6.07, 6.45) is 2.19. The van der Waals surface area contributed by atoms with Crippen molar-refractivity contribution in [2.75, 3.05) is 23.7 Å². The molecule has 0 saturated carbocycles. The highest BCUT2D eigenvalue weighted by Crippen LogP contribution is 2.26. The van der Waals surface area contributed by atoms with Gasteiger partial charge in [-0.1, -0.05) is 70.7 Å².